The van der Waals surface area contributed by atoms with E-state index < -0.39 is 11.9 Å². The Bertz CT molecular complexity index is 313. The highest BCUT2D eigenvalue weighted by molar-refractivity contribution is 5.73. The van der Waals surface area contributed by atoms with Gasteiger partial charge < -0.3 is 20.8 Å². The SMILES string of the molecule is CC(=O)NCCCCCC(=O)O.CC(=O)NCCCCCC(=O)O. The van der Waals surface area contributed by atoms with Gasteiger partial charge in [0.15, 0.2) is 0 Å². The Labute approximate surface area is 143 Å². The van der Waals surface area contributed by atoms with Gasteiger partial charge in [-0.25, -0.2) is 0 Å². The number of hydrogen-bond acceptors (Lipinski definition) is 4. The fraction of sp³-hybridized carbons (Fsp3) is 0.750. The second-order valence-corrected chi connectivity index (χ2v) is 5.37. The summed E-state index contributed by atoms with van der Waals surface area (Å²) < 4.78 is 0. The number of aliphatic carboxylic acids is 2. The average molecular weight is 346 g/mol. The van der Waals surface area contributed by atoms with Crippen LogP contribution in [-0.2, 0) is 19.2 Å². The quantitative estimate of drug-likeness (QED) is 0.396. The van der Waals surface area contributed by atoms with E-state index in [-0.39, 0.29) is 24.7 Å². The number of carbonyl (C=O) groups is 4. The summed E-state index contributed by atoms with van der Waals surface area (Å²) in [5.41, 5.74) is 0. The normalized spacial score (nSPS) is 9.42. The van der Waals surface area contributed by atoms with Gasteiger partial charge in [0.1, 0.15) is 0 Å². The summed E-state index contributed by atoms with van der Waals surface area (Å²) in [5, 5.41) is 21.9. The second kappa shape index (κ2) is 17.2. The molecule has 0 radical (unpaired) electrons. The molecule has 2 amide bonds. The van der Waals surface area contributed by atoms with E-state index in [4.69, 9.17) is 10.2 Å². The summed E-state index contributed by atoms with van der Waals surface area (Å²) in [5.74, 6) is -1.58. The molecule has 0 bridgehead atoms. The van der Waals surface area contributed by atoms with Gasteiger partial charge in [-0.15, -0.1) is 0 Å². The molecule has 0 heterocycles. The highest BCUT2D eigenvalue weighted by atomic mass is 16.4. The summed E-state index contributed by atoms with van der Waals surface area (Å²) in [7, 11) is 0. The molecule has 140 valence electrons. The molecule has 0 spiro atoms. The molecule has 0 fully saturated rings. The first-order valence-electron chi connectivity index (χ1n) is 8.18. The Balaban J connectivity index is 0. The van der Waals surface area contributed by atoms with Crippen molar-refractivity contribution in [1.29, 1.82) is 0 Å². The number of carboxylic acid groups (broad SMARTS) is 2. The van der Waals surface area contributed by atoms with Crippen LogP contribution in [0.3, 0.4) is 0 Å². The zero-order valence-electron chi connectivity index (χ0n) is 14.6. The zero-order valence-corrected chi connectivity index (χ0v) is 14.6. The lowest BCUT2D eigenvalue weighted by Crippen LogP contribution is -2.20. The number of amides is 2. The Morgan fingerprint density at radius 2 is 0.958 bits per heavy atom. The highest BCUT2D eigenvalue weighted by Gasteiger charge is 1.97. The molecule has 0 rings (SSSR count). The third-order valence-corrected chi connectivity index (χ3v) is 2.88. The van der Waals surface area contributed by atoms with Crippen LogP contribution in [0.4, 0.5) is 0 Å². The lowest BCUT2D eigenvalue weighted by molar-refractivity contribution is -0.138. The molecular weight excluding hydrogens is 316 g/mol. The first-order valence-corrected chi connectivity index (χ1v) is 8.18. The second-order valence-electron chi connectivity index (χ2n) is 5.37. The fourth-order valence-electron chi connectivity index (χ4n) is 1.68. The molecule has 8 nitrogen and oxygen atoms in total. The van der Waals surface area contributed by atoms with Crippen molar-refractivity contribution < 1.29 is 29.4 Å². The molecule has 0 atom stereocenters. The third-order valence-electron chi connectivity index (χ3n) is 2.88. The van der Waals surface area contributed by atoms with E-state index in [2.05, 4.69) is 10.6 Å². The first-order chi connectivity index (χ1) is 11.3. The maximum Gasteiger partial charge on any atom is 0.303 e. The van der Waals surface area contributed by atoms with Crippen LogP contribution in [0, 0.1) is 0 Å². The van der Waals surface area contributed by atoms with Crippen LogP contribution in [-0.4, -0.2) is 47.1 Å². The van der Waals surface area contributed by atoms with Crippen molar-refractivity contribution in [2.75, 3.05) is 13.1 Å². The van der Waals surface area contributed by atoms with Crippen LogP contribution in [0.15, 0.2) is 0 Å². The topological polar surface area (TPSA) is 133 Å². The van der Waals surface area contributed by atoms with Crippen molar-refractivity contribution in [2.45, 2.75) is 65.2 Å². The van der Waals surface area contributed by atoms with Crippen LogP contribution in [0.1, 0.15) is 65.2 Å². The van der Waals surface area contributed by atoms with E-state index in [9.17, 15) is 19.2 Å². The van der Waals surface area contributed by atoms with Crippen molar-refractivity contribution in [2.24, 2.45) is 0 Å². The maximum atomic E-state index is 10.4. The van der Waals surface area contributed by atoms with Crippen molar-refractivity contribution in [3.8, 4) is 0 Å². The standard InChI is InChI=1S/2C8H15NO3/c2*1-7(10)9-6-4-2-3-5-8(11)12/h2*2-6H2,1H3,(H,9,10)(H,11,12). The summed E-state index contributed by atoms with van der Waals surface area (Å²) in [6.07, 6.45) is 5.24. The van der Waals surface area contributed by atoms with Gasteiger partial charge >= 0.3 is 11.9 Å². The van der Waals surface area contributed by atoms with Gasteiger partial charge in [0.05, 0.1) is 0 Å². The van der Waals surface area contributed by atoms with Crippen LogP contribution in [0.25, 0.3) is 0 Å². The Hall–Kier alpha value is -2.12. The Kier molecular flexibility index (Phi) is 17.3. The molecule has 0 aliphatic rings. The predicted octanol–water partition coefficient (Wildman–Crippen LogP) is 1.53. The van der Waals surface area contributed by atoms with E-state index in [0.717, 1.165) is 25.7 Å². The van der Waals surface area contributed by atoms with Crippen LogP contribution in [0.5, 0.6) is 0 Å². The third kappa shape index (κ3) is 28.1. The molecular formula is C16H30N2O6. The predicted molar refractivity (Wildman–Crippen MR) is 89.6 cm³/mol. The monoisotopic (exact) mass is 346 g/mol. The number of carbonyl (C=O) groups excluding carboxylic acids is 2. The fourth-order valence-corrected chi connectivity index (χ4v) is 1.68. The number of hydrogen-bond donors (Lipinski definition) is 4. The number of nitrogens with one attached hydrogen (secondary N) is 2. The Morgan fingerprint density at radius 3 is 1.21 bits per heavy atom. The maximum absolute atomic E-state index is 10.4. The molecule has 0 aliphatic heterocycles. The molecule has 0 saturated heterocycles. The molecule has 0 aliphatic carbocycles. The summed E-state index contributed by atoms with van der Waals surface area (Å²) >= 11 is 0. The van der Waals surface area contributed by atoms with E-state index >= 15 is 0 Å². The van der Waals surface area contributed by atoms with Crippen molar-refractivity contribution >= 4 is 23.8 Å². The van der Waals surface area contributed by atoms with Crippen LogP contribution in [0.2, 0.25) is 0 Å². The molecule has 0 aromatic heterocycles. The minimum atomic E-state index is -0.755. The Morgan fingerprint density at radius 1 is 0.625 bits per heavy atom. The molecule has 0 aromatic carbocycles. The molecule has 0 saturated carbocycles. The minimum absolute atomic E-state index is 0.0340. The van der Waals surface area contributed by atoms with Crippen molar-refractivity contribution in [3.63, 3.8) is 0 Å². The zero-order chi connectivity index (χ0) is 18.8. The molecule has 24 heavy (non-hydrogen) atoms. The lowest BCUT2D eigenvalue weighted by atomic mass is 10.2. The molecule has 4 N–H and O–H groups in total. The summed E-state index contributed by atoms with van der Waals surface area (Å²) in [4.78, 5) is 40.9. The smallest absolute Gasteiger partial charge is 0.303 e. The minimum Gasteiger partial charge on any atom is -0.481 e. The first kappa shape index (κ1) is 24.1. The van der Waals surface area contributed by atoms with E-state index in [1.165, 1.54) is 13.8 Å². The number of unbranched alkanes of at least 4 members (excludes halogenated alkanes) is 4. The van der Waals surface area contributed by atoms with Gasteiger partial charge in [-0.05, 0) is 25.7 Å². The number of carboxylic acids is 2. The molecule has 0 unspecified atom stereocenters. The molecule has 0 aromatic rings. The van der Waals surface area contributed by atoms with E-state index in [0.29, 0.717) is 25.9 Å². The van der Waals surface area contributed by atoms with Gasteiger partial charge in [0, 0.05) is 39.8 Å². The molecule has 8 heteroatoms. The van der Waals surface area contributed by atoms with Gasteiger partial charge in [0.2, 0.25) is 11.8 Å². The van der Waals surface area contributed by atoms with E-state index in [1.807, 2.05) is 0 Å². The lowest BCUT2D eigenvalue weighted by Gasteiger charge is -2.00. The van der Waals surface area contributed by atoms with E-state index in [1.54, 1.807) is 0 Å². The van der Waals surface area contributed by atoms with Gasteiger partial charge in [0.25, 0.3) is 0 Å². The number of rotatable bonds is 12. The summed E-state index contributed by atoms with van der Waals surface area (Å²) in [6, 6.07) is 0. The highest BCUT2D eigenvalue weighted by Crippen LogP contribution is 1.98. The van der Waals surface area contributed by atoms with Crippen molar-refractivity contribution in [3.05, 3.63) is 0 Å². The van der Waals surface area contributed by atoms with Crippen LogP contribution >= 0.6 is 0 Å². The largest absolute Gasteiger partial charge is 0.481 e. The average Bonchev–Trinajstić information content (AvgIpc) is 2.46. The summed E-state index contributed by atoms with van der Waals surface area (Å²) in [6.45, 7) is 4.23. The van der Waals surface area contributed by atoms with Crippen LogP contribution < -0.4 is 10.6 Å². The van der Waals surface area contributed by atoms with Crippen molar-refractivity contribution in [1.82, 2.24) is 10.6 Å². The van der Waals surface area contributed by atoms with Gasteiger partial charge in [-0.2, -0.15) is 0 Å². The van der Waals surface area contributed by atoms with Gasteiger partial charge in [-0.1, -0.05) is 12.8 Å². The van der Waals surface area contributed by atoms with Gasteiger partial charge in [-0.3, -0.25) is 19.2 Å².